The maximum atomic E-state index is 5.60. The summed E-state index contributed by atoms with van der Waals surface area (Å²) in [4.78, 5) is 4.25. The minimum atomic E-state index is 0. The quantitative estimate of drug-likeness (QED) is 0.363. The average Bonchev–Trinajstić information content (AvgIpc) is 2.93. The van der Waals surface area contributed by atoms with Crippen LogP contribution in [-0.4, -0.2) is 38.4 Å². The molecule has 0 saturated heterocycles. The van der Waals surface area contributed by atoms with Crippen LogP contribution in [0.5, 0.6) is 11.5 Å². The second-order valence-corrected chi connectivity index (χ2v) is 5.48. The number of hydrogen-bond acceptors (Lipinski definition) is 5. The van der Waals surface area contributed by atoms with Gasteiger partial charge in [0.05, 0.1) is 19.4 Å². The summed E-state index contributed by atoms with van der Waals surface area (Å²) in [7, 11) is 3.36. The molecule has 7 nitrogen and oxygen atoms in total. The second kappa shape index (κ2) is 10.9. The number of aryl methyl sites for hydroxylation is 2. The SMILES string of the molecule is CCOc1cc(NC(=NC)NCCc2c(C)noc2C)ccc1OC.I. The first kappa shape index (κ1) is 22.1. The molecule has 2 rings (SSSR count). The molecule has 0 aliphatic heterocycles. The van der Waals surface area contributed by atoms with Gasteiger partial charge in [-0.2, -0.15) is 0 Å². The molecular weight excluding hydrogens is 447 g/mol. The van der Waals surface area contributed by atoms with Crippen LogP contribution in [0.25, 0.3) is 0 Å². The molecule has 0 atom stereocenters. The smallest absolute Gasteiger partial charge is 0.195 e. The molecular formula is C18H27IN4O3. The van der Waals surface area contributed by atoms with Gasteiger partial charge in [-0.1, -0.05) is 5.16 Å². The zero-order chi connectivity index (χ0) is 18.2. The van der Waals surface area contributed by atoms with E-state index in [1.165, 1.54) is 0 Å². The van der Waals surface area contributed by atoms with Crippen molar-refractivity contribution in [3.63, 3.8) is 0 Å². The van der Waals surface area contributed by atoms with E-state index in [2.05, 4.69) is 20.8 Å². The topological polar surface area (TPSA) is 80.9 Å². The van der Waals surface area contributed by atoms with E-state index in [0.717, 1.165) is 35.7 Å². The Hall–Kier alpha value is -1.97. The number of nitrogens with one attached hydrogen (secondary N) is 2. The molecule has 0 aliphatic carbocycles. The Morgan fingerprint density at radius 2 is 2.04 bits per heavy atom. The minimum absolute atomic E-state index is 0. The molecule has 0 bridgehead atoms. The highest BCUT2D eigenvalue weighted by Gasteiger charge is 2.10. The van der Waals surface area contributed by atoms with Gasteiger partial charge in [0.1, 0.15) is 5.76 Å². The lowest BCUT2D eigenvalue weighted by Crippen LogP contribution is -2.32. The highest BCUT2D eigenvalue weighted by molar-refractivity contribution is 14.0. The minimum Gasteiger partial charge on any atom is -0.493 e. The third-order valence-electron chi connectivity index (χ3n) is 3.80. The number of nitrogens with zero attached hydrogens (tertiary/aromatic N) is 2. The molecule has 1 aromatic carbocycles. The van der Waals surface area contributed by atoms with Crippen LogP contribution in [0, 0.1) is 13.8 Å². The van der Waals surface area contributed by atoms with E-state index in [9.17, 15) is 0 Å². The number of aromatic nitrogens is 1. The molecule has 0 spiro atoms. The van der Waals surface area contributed by atoms with Crippen LogP contribution in [0.1, 0.15) is 23.9 Å². The molecule has 2 aromatic rings. The molecule has 0 aliphatic rings. The summed E-state index contributed by atoms with van der Waals surface area (Å²) in [6, 6.07) is 5.68. The van der Waals surface area contributed by atoms with Crippen molar-refractivity contribution in [1.29, 1.82) is 0 Å². The molecule has 0 amide bonds. The van der Waals surface area contributed by atoms with E-state index in [1.54, 1.807) is 14.2 Å². The number of halogens is 1. The number of guanidine groups is 1. The normalized spacial score (nSPS) is 10.9. The van der Waals surface area contributed by atoms with E-state index >= 15 is 0 Å². The lowest BCUT2D eigenvalue weighted by atomic mass is 10.1. The predicted octanol–water partition coefficient (Wildman–Crippen LogP) is 3.55. The van der Waals surface area contributed by atoms with Crippen molar-refractivity contribution in [3.8, 4) is 11.5 Å². The summed E-state index contributed by atoms with van der Waals surface area (Å²) < 4.78 is 16.1. The Morgan fingerprint density at radius 1 is 1.27 bits per heavy atom. The molecule has 0 radical (unpaired) electrons. The fourth-order valence-corrected chi connectivity index (χ4v) is 2.50. The van der Waals surface area contributed by atoms with E-state index in [-0.39, 0.29) is 24.0 Å². The van der Waals surface area contributed by atoms with Crippen LogP contribution >= 0.6 is 24.0 Å². The van der Waals surface area contributed by atoms with Gasteiger partial charge in [-0.05, 0) is 39.3 Å². The van der Waals surface area contributed by atoms with E-state index < -0.39 is 0 Å². The molecule has 1 aromatic heterocycles. The largest absolute Gasteiger partial charge is 0.493 e. The summed E-state index contributed by atoms with van der Waals surface area (Å²) in [6.07, 6.45) is 0.814. The lowest BCUT2D eigenvalue weighted by Gasteiger charge is -2.14. The van der Waals surface area contributed by atoms with Gasteiger partial charge in [-0.3, -0.25) is 4.99 Å². The lowest BCUT2D eigenvalue weighted by molar-refractivity contribution is 0.311. The van der Waals surface area contributed by atoms with Gasteiger partial charge in [-0.25, -0.2) is 0 Å². The third kappa shape index (κ3) is 5.79. The van der Waals surface area contributed by atoms with Gasteiger partial charge in [0, 0.05) is 30.9 Å². The third-order valence-corrected chi connectivity index (χ3v) is 3.80. The number of hydrogen-bond donors (Lipinski definition) is 2. The fourth-order valence-electron chi connectivity index (χ4n) is 2.50. The van der Waals surface area contributed by atoms with Crippen molar-refractivity contribution >= 4 is 35.6 Å². The maximum absolute atomic E-state index is 5.60. The Kier molecular flexibility index (Phi) is 9.25. The van der Waals surface area contributed by atoms with Crippen molar-refractivity contribution in [2.75, 3.05) is 32.6 Å². The van der Waals surface area contributed by atoms with Crippen LogP contribution in [0.4, 0.5) is 5.69 Å². The number of aliphatic imine (C=N–C) groups is 1. The van der Waals surface area contributed by atoms with Crippen molar-refractivity contribution in [3.05, 3.63) is 35.2 Å². The maximum Gasteiger partial charge on any atom is 0.195 e. The highest BCUT2D eigenvalue weighted by atomic mass is 127. The zero-order valence-electron chi connectivity index (χ0n) is 15.9. The van der Waals surface area contributed by atoms with E-state index in [4.69, 9.17) is 14.0 Å². The van der Waals surface area contributed by atoms with E-state index in [1.807, 2.05) is 39.0 Å². The van der Waals surface area contributed by atoms with Crippen LogP contribution in [0.15, 0.2) is 27.7 Å². The fraction of sp³-hybridized carbons (Fsp3) is 0.444. The van der Waals surface area contributed by atoms with Gasteiger partial charge in [-0.15, -0.1) is 24.0 Å². The van der Waals surface area contributed by atoms with Gasteiger partial charge >= 0.3 is 0 Å². The second-order valence-electron chi connectivity index (χ2n) is 5.48. The van der Waals surface area contributed by atoms with Gasteiger partial charge < -0.3 is 24.6 Å². The number of rotatable bonds is 7. The molecule has 1 heterocycles. The van der Waals surface area contributed by atoms with Gasteiger partial charge in [0.15, 0.2) is 17.5 Å². The predicted molar refractivity (Wildman–Crippen MR) is 114 cm³/mol. The molecule has 2 N–H and O–H groups in total. The molecule has 26 heavy (non-hydrogen) atoms. The molecule has 144 valence electrons. The van der Waals surface area contributed by atoms with E-state index in [0.29, 0.717) is 24.1 Å². The molecule has 0 unspecified atom stereocenters. The van der Waals surface area contributed by atoms with Crippen molar-refractivity contribution in [2.45, 2.75) is 27.2 Å². The van der Waals surface area contributed by atoms with Gasteiger partial charge in [0.2, 0.25) is 0 Å². The average molecular weight is 474 g/mol. The zero-order valence-corrected chi connectivity index (χ0v) is 18.2. The van der Waals surface area contributed by atoms with Crippen LogP contribution in [0.3, 0.4) is 0 Å². The molecule has 0 fully saturated rings. The van der Waals surface area contributed by atoms with Crippen LogP contribution in [-0.2, 0) is 6.42 Å². The summed E-state index contributed by atoms with van der Waals surface area (Å²) in [5.74, 6) is 2.94. The first-order valence-electron chi connectivity index (χ1n) is 8.29. The highest BCUT2D eigenvalue weighted by Crippen LogP contribution is 2.30. The summed E-state index contributed by atoms with van der Waals surface area (Å²) in [5.41, 5.74) is 2.93. The standard InChI is InChI=1S/C18H26N4O3.HI/c1-6-24-17-11-14(7-8-16(17)23-5)21-18(19-4)20-10-9-15-12(2)22-25-13(15)3;/h7-8,11H,6,9-10H2,1-5H3,(H2,19,20,21);1H. The number of methoxy groups -OCH3 is 1. The Bertz CT molecular complexity index is 712. The Morgan fingerprint density at radius 3 is 2.62 bits per heavy atom. The van der Waals surface area contributed by atoms with Crippen LogP contribution in [0.2, 0.25) is 0 Å². The summed E-state index contributed by atoms with van der Waals surface area (Å²) >= 11 is 0. The van der Waals surface area contributed by atoms with Gasteiger partial charge in [0.25, 0.3) is 0 Å². The number of benzene rings is 1. The Balaban J connectivity index is 0.00000338. The van der Waals surface area contributed by atoms with Crippen molar-refractivity contribution in [1.82, 2.24) is 10.5 Å². The molecule has 0 saturated carbocycles. The van der Waals surface area contributed by atoms with Crippen LogP contribution < -0.4 is 20.1 Å². The first-order chi connectivity index (χ1) is 12.1. The van der Waals surface area contributed by atoms with Crippen molar-refractivity contribution in [2.24, 2.45) is 4.99 Å². The monoisotopic (exact) mass is 474 g/mol. The first-order valence-corrected chi connectivity index (χ1v) is 8.29. The Labute approximate surface area is 171 Å². The van der Waals surface area contributed by atoms with Crippen molar-refractivity contribution < 1.29 is 14.0 Å². The summed E-state index contributed by atoms with van der Waals surface area (Å²) in [5, 5.41) is 10.5. The number of anilines is 1. The number of ether oxygens (including phenoxy) is 2. The molecule has 8 heteroatoms. The summed E-state index contributed by atoms with van der Waals surface area (Å²) in [6.45, 7) is 7.11.